The SMILES string of the molecule is CCN(C(C)=O)C1(C(=O)O)CC2CCC(C1)N2C. The van der Waals surface area contributed by atoms with Gasteiger partial charge in [-0.15, -0.1) is 0 Å². The molecular formula is C13H22N2O3. The van der Waals surface area contributed by atoms with E-state index >= 15 is 0 Å². The summed E-state index contributed by atoms with van der Waals surface area (Å²) in [6.45, 7) is 3.78. The van der Waals surface area contributed by atoms with Gasteiger partial charge in [-0.3, -0.25) is 4.79 Å². The zero-order chi connectivity index (χ0) is 13.5. The number of likely N-dealkylation sites (N-methyl/N-ethyl adjacent to an activating group) is 1. The maximum atomic E-state index is 11.8. The average molecular weight is 254 g/mol. The van der Waals surface area contributed by atoms with Crippen molar-refractivity contribution in [1.29, 1.82) is 0 Å². The van der Waals surface area contributed by atoms with Gasteiger partial charge in [-0.25, -0.2) is 4.79 Å². The molecule has 0 spiro atoms. The Labute approximate surface area is 108 Å². The minimum Gasteiger partial charge on any atom is -0.479 e. The van der Waals surface area contributed by atoms with Gasteiger partial charge in [0.05, 0.1) is 0 Å². The number of hydrogen-bond donors (Lipinski definition) is 1. The van der Waals surface area contributed by atoms with Crippen molar-refractivity contribution in [2.24, 2.45) is 0 Å². The monoisotopic (exact) mass is 254 g/mol. The van der Waals surface area contributed by atoms with Crippen LogP contribution in [0.25, 0.3) is 0 Å². The van der Waals surface area contributed by atoms with Gasteiger partial charge in [0.25, 0.3) is 0 Å². The first-order valence-corrected chi connectivity index (χ1v) is 6.66. The highest BCUT2D eigenvalue weighted by molar-refractivity contribution is 5.86. The van der Waals surface area contributed by atoms with Crippen LogP contribution in [0.15, 0.2) is 0 Å². The first kappa shape index (κ1) is 13.3. The van der Waals surface area contributed by atoms with E-state index in [1.807, 2.05) is 6.92 Å². The van der Waals surface area contributed by atoms with Crippen LogP contribution < -0.4 is 0 Å². The van der Waals surface area contributed by atoms with Crippen molar-refractivity contribution in [3.8, 4) is 0 Å². The van der Waals surface area contributed by atoms with E-state index in [0.717, 1.165) is 12.8 Å². The van der Waals surface area contributed by atoms with Gasteiger partial charge < -0.3 is 14.9 Å². The summed E-state index contributed by atoms with van der Waals surface area (Å²) < 4.78 is 0. The molecule has 0 saturated carbocycles. The number of fused-ring (bicyclic) bond motifs is 2. The van der Waals surface area contributed by atoms with Crippen LogP contribution in [0, 0.1) is 0 Å². The van der Waals surface area contributed by atoms with Crippen molar-refractivity contribution < 1.29 is 14.7 Å². The van der Waals surface area contributed by atoms with Crippen LogP contribution in [0.5, 0.6) is 0 Å². The first-order valence-electron chi connectivity index (χ1n) is 6.66. The first-order chi connectivity index (χ1) is 8.42. The highest BCUT2D eigenvalue weighted by Crippen LogP contribution is 2.43. The highest BCUT2D eigenvalue weighted by Gasteiger charge is 2.54. The molecule has 2 unspecified atom stereocenters. The quantitative estimate of drug-likeness (QED) is 0.814. The summed E-state index contributed by atoms with van der Waals surface area (Å²) in [6, 6.07) is 0.599. The number of piperidine rings is 1. The fraction of sp³-hybridized carbons (Fsp3) is 0.846. The molecule has 5 nitrogen and oxygen atoms in total. The Bertz CT molecular complexity index is 355. The summed E-state index contributed by atoms with van der Waals surface area (Å²) >= 11 is 0. The van der Waals surface area contributed by atoms with E-state index in [2.05, 4.69) is 11.9 Å². The number of nitrogens with zero attached hydrogens (tertiary/aromatic N) is 2. The molecule has 1 amide bonds. The summed E-state index contributed by atoms with van der Waals surface area (Å²) in [7, 11) is 2.07. The molecule has 2 rings (SSSR count). The van der Waals surface area contributed by atoms with Gasteiger partial charge in [0.2, 0.25) is 5.91 Å². The molecule has 0 aliphatic carbocycles. The molecule has 2 bridgehead atoms. The zero-order valence-corrected chi connectivity index (χ0v) is 11.3. The topological polar surface area (TPSA) is 60.9 Å². The second-order valence-electron chi connectivity index (χ2n) is 5.56. The van der Waals surface area contributed by atoms with E-state index in [1.54, 1.807) is 4.90 Å². The van der Waals surface area contributed by atoms with Crippen molar-refractivity contribution >= 4 is 11.9 Å². The molecule has 2 aliphatic heterocycles. The van der Waals surface area contributed by atoms with Crippen LogP contribution in [-0.4, -0.2) is 58.0 Å². The van der Waals surface area contributed by atoms with Crippen molar-refractivity contribution in [2.75, 3.05) is 13.6 Å². The Morgan fingerprint density at radius 3 is 2.17 bits per heavy atom. The van der Waals surface area contributed by atoms with Gasteiger partial charge in [-0.05, 0) is 39.7 Å². The molecule has 2 saturated heterocycles. The number of rotatable bonds is 3. The van der Waals surface area contributed by atoms with Crippen molar-refractivity contribution in [3.05, 3.63) is 0 Å². The highest BCUT2D eigenvalue weighted by atomic mass is 16.4. The summed E-state index contributed by atoms with van der Waals surface area (Å²) in [6.07, 6.45) is 3.21. The normalized spacial score (nSPS) is 35.5. The molecule has 0 radical (unpaired) electrons. The van der Waals surface area contributed by atoms with E-state index in [9.17, 15) is 14.7 Å². The molecule has 2 heterocycles. The predicted molar refractivity (Wildman–Crippen MR) is 67.2 cm³/mol. The Balaban J connectivity index is 2.35. The smallest absolute Gasteiger partial charge is 0.329 e. The van der Waals surface area contributed by atoms with Gasteiger partial charge in [0.15, 0.2) is 0 Å². The molecule has 2 atom stereocenters. The lowest BCUT2D eigenvalue weighted by Crippen LogP contribution is -2.63. The number of hydrogen-bond acceptors (Lipinski definition) is 3. The largest absolute Gasteiger partial charge is 0.479 e. The third-order valence-corrected chi connectivity index (χ3v) is 4.74. The van der Waals surface area contributed by atoms with E-state index in [4.69, 9.17) is 0 Å². The van der Waals surface area contributed by atoms with Gasteiger partial charge in [-0.2, -0.15) is 0 Å². The molecular weight excluding hydrogens is 232 g/mol. The van der Waals surface area contributed by atoms with Crippen LogP contribution in [0.2, 0.25) is 0 Å². The van der Waals surface area contributed by atoms with Crippen LogP contribution in [0.3, 0.4) is 0 Å². The molecule has 0 aromatic heterocycles. The Morgan fingerprint density at radius 1 is 1.33 bits per heavy atom. The van der Waals surface area contributed by atoms with Crippen LogP contribution in [0.1, 0.15) is 39.5 Å². The number of amides is 1. The summed E-state index contributed by atoms with van der Waals surface area (Å²) in [4.78, 5) is 27.4. The molecule has 5 heteroatoms. The van der Waals surface area contributed by atoms with Crippen LogP contribution in [-0.2, 0) is 9.59 Å². The molecule has 102 valence electrons. The van der Waals surface area contributed by atoms with Gasteiger partial charge in [0.1, 0.15) is 5.54 Å². The van der Waals surface area contributed by atoms with E-state index in [-0.39, 0.29) is 5.91 Å². The fourth-order valence-corrected chi connectivity index (χ4v) is 3.78. The standard InChI is InChI=1S/C13H22N2O3/c1-4-15(9(2)16)13(12(17)18)7-10-5-6-11(8-13)14(10)3/h10-11H,4-8H2,1-3H3,(H,17,18). The number of carbonyl (C=O) groups excluding carboxylic acids is 1. The lowest BCUT2D eigenvalue weighted by atomic mass is 9.81. The van der Waals surface area contributed by atoms with Crippen molar-refractivity contribution in [3.63, 3.8) is 0 Å². The minimum absolute atomic E-state index is 0.135. The summed E-state index contributed by atoms with van der Waals surface area (Å²) in [5.74, 6) is -0.978. The van der Waals surface area contributed by atoms with Gasteiger partial charge >= 0.3 is 5.97 Å². The summed E-state index contributed by atoms with van der Waals surface area (Å²) in [5.41, 5.74) is -0.987. The second kappa shape index (κ2) is 4.53. The second-order valence-corrected chi connectivity index (χ2v) is 5.56. The van der Waals surface area contributed by atoms with Gasteiger partial charge in [-0.1, -0.05) is 0 Å². The third kappa shape index (κ3) is 1.81. The average Bonchev–Trinajstić information content (AvgIpc) is 2.52. The predicted octanol–water partition coefficient (Wildman–Crippen LogP) is 0.935. The molecule has 2 fully saturated rings. The van der Waals surface area contributed by atoms with Gasteiger partial charge in [0, 0.05) is 25.6 Å². The third-order valence-electron chi connectivity index (χ3n) is 4.74. The zero-order valence-electron chi connectivity index (χ0n) is 11.3. The number of carbonyl (C=O) groups is 2. The Morgan fingerprint density at radius 2 is 1.83 bits per heavy atom. The molecule has 1 N–H and O–H groups in total. The molecule has 0 aromatic carbocycles. The molecule has 18 heavy (non-hydrogen) atoms. The number of aliphatic carboxylic acids is 1. The fourth-order valence-electron chi connectivity index (χ4n) is 3.78. The Hall–Kier alpha value is -1.10. The molecule has 0 aromatic rings. The number of carboxylic acid groups (broad SMARTS) is 1. The molecule has 2 aliphatic rings. The maximum Gasteiger partial charge on any atom is 0.329 e. The van der Waals surface area contributed by atoms with E-state index in [0.29, 0.717) is 31.5 Å². The number of carboxylic acids is 1. The Kier molecular flexibility index (Phi) is 3.36. The van der Waals surface area contributed by atoms with E-state index < -0.39 is 11.5 Å². The lowest BCUT2D eigenvalue weighted by Gasteiger charge is -2.48. The minimum atomic E-state index is -0.987. The summed E-state index contributed by atoms with van der Waals surface area (Å²) in [5, 5.41) is 9.68. The van der Waals surface area contributed by atoms with Crippen LogP contribution in [0.4, 0.5) is 0 Å². The van der Waals surface area contributed by atoms with Crippen LogP contribution >= 0.6 is 0 Å². The van der Waals surface area contributed by atoms with E-state index in [1.165, 1.54) is 6.92 Å². The van der Waals surface area contributed by atoms with Crippen molar-refractivity contribution in [1.82, 2.24) is 9.80 Å². The van der Waals surface area contributed by atoms with Crippen molar-refractivity contribution in [2.45, 2.75) is 57.2 Å². The lowest BCUT2D eigenvalue weighted by molar-refractivity contribution is -0.164. The maximum absolute atomic E-state index is 11.8.